The summed E-state index contributed by atoms with van der Waals surface area (Å²) in [5.41, 5.74) is 0. The number of carbonyl (C=O) groups excluding carboxylic acids is 1. The molecule has 0 aromatic rings. The van der Waals surface area contributed by atoms with Crippen LogP contribution in [-0.2, 0) is 9.53 Å². The second kappa shape index (κ2) is 4.63. The van der Waals surface area contributed by atoms with Gasteiger partial charge in [0.05, 0.1) is 6.54 Å². The zero-order valence-electron chi connectivity index (χ0n) is 9.36. The van der Waals surface area contributed by atoms with E-state index in [0.717, 1.165) is 13.1 Å². The molecule has 0 atom stereocenters. The van der Waals surface area contributed by atoms with Gasteiger partial charge >= 0.3 is 0 Å². The van der Waals surface area contributed by atoms with Crippen molar-refractivity contribution in [2.75, 3.05) is 26.2 Å². The molecule has 1 amide bonds. The van der Waals surface area contributed by atoms with Crippen molar-refractivity contribution in [1.29, 1.82) is 0 Å². The van der Waals surface area contributed by atoms with Crippen molar-refractivity contribution < 1.29 is 9.53 Å². The SMILES string of the molecule is CCN1C(=O)/C(=C2/OCCN2CC)SC1=S. The smallest absolute Gasteiger partial charge is 0.271 e. The molecule has 0 radical (unpaired) electrons. The lowest BCUT2D eigenvalue weighted by molar-refractivity contribution is -0.122. The van der Waals surface area contributed by atoms with Crippen molar-refractivity contribution in [3.63, 3.8) is 0 Å². The summed E-state index contributed by atoms with van der Waals surface area (Å²) in [6.45, 7) is 6.95. The molecule has 0 N–H and O–H groups in total. The number of carbonyl (C=O) groups is 1. The molecule has 0 bridgehead atoms. The molecular formula is C10H14N2O2S2. The Labute approximate surface area is 105 Å². The van der Waals surface area contributed by atoms with Gasteiger partial charge in [0.2, 0.25) is 5.88 Å². The summed E-state index contributed by atoms with van der Waals surface area (Å²) in [6, 6.07) is 0. The Morgan fingerprint density at radius 2 is 2.19 bits per heavy atom. The molecule has 2 heterocycles. The van der Waals surface area contributed by atoms with Gasteiger partial charge in [0.25, 0.3) is 5.91 Å². The molecule has 2 aliphatic heterocycles. The van der Waals surface area contributed by atoms with Crippen LogP contribution in [0.25, 0.3) is 0 Å². The second-order valence-corrected chi connectivity index (χ2v) is 5.12. The van der Waals surface area contributed by atoms with Crippen LogP contribution in [0.4, 0.5) is 0 Å². The van der Waals surface area contributed by atoms with Crippen LogP contribution in [0.3, 0.4) is 0 Å². The summed E-state index contributed by atoms with van der Waals surface area (Å²) < 4.78 is 6.16. The highest BCUT2D eigenvalue weighted by Crippen LogP contribution is 2.35. The van der Waals surface area contributed by atoms with E-state index in [1.54, 1.807) is 4.90 Å². The first-order chi connectivity index (χ1) is 7.69. The van der Waals surface area contributed by atoms with Gasteiger partial charge in [-0.15, -0.1) is 0 Å². The van der Waals surface area contributed by atoms with Crippen LogP contribution in [0.5, 0.6) is 0 Å². The molecule has 0 aliphatic carbocycles. The van der Waals surface area contributed by atoms with Crippen LogP contribution in [0.2, 0.25) is 0 Å². The minimum atomic E-state index is -0.0205. The van der Waals surface area contributed by atoms with Gasteiger partial charge < -0.3 is 9.64 Å². The third kappa shape index (κ3) is 1.80. The zero-order valence-corrected chi connectivity index (χ0v) is 11.0. The number of amides is 1. The maximum atomic E-state index is 12.0. The monoisotopic (exact) mass is 258 g/mol. The average Bonchev–Trinajstić information content (AvgIpc) is 2.83. The third-order valence-corrected chi connectivity index (χ3v) is 4.05. The topological polar surface area (TPSA) is 32.8 Å². The summed E-state index contributed by atoms with van der Waals surface area (Å²) >= 11 is 6.51. The second-order valence-electron chi connectivity index (χ2n) is 3.48. The lowest BCUT2D eigenvalue weighted by Gasteiger charge is -2.15. The third-order valence-electron chi connectivity index (χ3n) is 2.63. The van der Waals surface area contributed by atoms with Crippen molar-refractivity contribution >= 4 is 34.2 Å². The van der Waals surface area contributed by atoms with Crippen LogP contribution in [0.1, 0.15) is 13.8 Å². The molecule has 88 valence electrons. The lowest BCUT2D eigenvalue weighted by atomic mass is 10.4. The molecule has 0 saturated carbocycles. The Hall–Kier alpha value is -0.750. The van der Waals surface area contributed by atoms with E-state index in [-0.39, 0.29) is 5.91 Å². The maximum Gasteiger partial charge on any atom is 0.271 e. The molecule has 2 saturated heterocycles. The predicted octanol–water partition coefficient (Wildman–Crippen LogP) is 1.39. The van der Waals surface area contributed by atoms with Crippen LogP contribution in [-0.4, -0.2) is 46.3 Å². The minimum Gasteiger partial charge on any atom is -0.476 e. The van der Waals surface area contributed by atoms with Gasteiger partial charge in [-0.1, -0.05) is 12.2 Å². The molecule has 2 rings (SSSR count). The number of nitrogens with zero attached hydrogens (tertiary/aromatic N) is 2. The van der Waals surface area contributed by atoms with Gasteiger partial charge in [-0.3, -0.25) is 9.69 Å². The summed E-state index contributed by atoms with van der Waals surface area (Å²) in [5, 5.41) is 0. The largest absolute Gasteiger partial charge is 0.476 e. The van der Waals surface area contributed by atoms with Gasteiger partial charge in [-0.25, -0.2) is 0 Å². The highest BCUT2D eigenvalue weighted by molar-refractivity contribution is 8.26. The van der Waals surface area contributed by atoms with E-state index in [2.05, 4.69) is 11.8 Å². The Morgan fingerprint density at radius 3 is 2.75 bits per heavy atom. The number of thioether (sulfide) groups is 1. The van der Waals surface area contributed by atoms with Crippen LogP contribution < -0.4 is 0 Å². The summed E-state index contributed by atoms with van der Waals surface area (Å²) in [4.78, 5) is 16.4. The van der Waals surface area contributed by atoms with Crippen LogP contribution in [0, 0.1) is 0 Å². The van der Waals surface area contributed by atoms with Crippen molar-refractivity contribution in [3.8, 4) is 0 Å². The number of ether oxygens (including phenoxy) is 1. The summed E-state index contributed by atoms with van der Waals surface area (Å²) in [5.74, 6) is 0.684. The van der Waals surface area contributed by atoms with E-state index in [4.69, 9.17) is 17.0 Å². The van der Waals surface area contributed by atoms with Gasteiger partial charge in [0.1, 0.15) is 15.8 Å². The normalized spacial score (nSPS) is 25.6. The van der Waals surface area contributed by atoms with Gasteiger partial charge in [-0.2, -0.15) is 0 Å². The predicted molar refractivity (Wildman–Crippen MR) is 67.8 cm³/mol. The van der Waals surface area contributed by atoms with E-state index < -0.39 is 0 Å². The number of hydrogen-bond acceptors (Lipinski definition) is 5. The Morgan fingerprint density at radius 1 is 1.44 bits per heavy atom. The van der Waals surface area contributed by atoms with E-state index in [9.17, 15) is 4.79 Å². The molecule has 2 fully saturated rings. The number of hydrogen-bond donors (Lipinski definition) is 0. The molecule has 0 spiro atoms. The Kier molecular flexibility index (Phi) is 3.39. The van der Waals surface area contributed by atoms with Crippen LogP contribution >= 0.6 is 24.0 Å². The minimum absolute atomic E-state index is 0.0205. The molecule has 0 aromatic heterocycles. The van der Waals surface area contributed by atoms with Gasteiger partial charge in [0.15, 0.2) is 0 Å². The van der Waals surface area contributed by atoms with Crippen LogP contribution in [0.15, 0.2) is 10.8 Å². The van der Waals surface area contributed by atoms with Gasteiger partial charge in [0, 0.05) is 13.1 Å². The fraction of sp³-hybridized carbons (Fsp3) is 0.600. The van der Waals surface area contributed by atoms with Crippen molar-refractivity contribution in [2.24, 2.45) is 0 Å². The molecule has 16 heavy (non-hydrogen) atoms. The molecule has 2 aliphatic rings. The van der Waals surface area contributed by atoms with E-state index in [0.29, 0.717) is 28.3 Å². The highest BCUT2D eigenvalue weighted by atomic mass is 32.2. The number of likely N-dealkylation sites (N-methyl/N-ethyl adjacent to an activating group) is 2. The summed E-state index contributed by atoms with van der Waals surface area (Å²) in [6.07, 6.45) is 0. The van der Waals surface area contributed by atoms with Gasteiger partial charge in [-0.05, 0) is 25.6 Å². The molecule has 6 heteroatoms. The average molecular weight is 258 g/mol. The fourth-order valence-corrected chi connectivity index (χ4v) is 3.19. The Bertz CT molecular complexity index is 368. The molecule has 0 unspecified atom stereocenters. The Balaban J connectivity index is 2.31. The maximum absolute atomic E-state index is 12.0. The van der Waals surface area contributed by atoms with Crippen molar-refractivity contribution in [1.82, 2.24) is 9.80 Å². The summed E-state index contributed by atoms with van der Waals surface area (Å²) in [7, 11) is 0. The lowest BCUT2D eigenvalue weighted by Crippen LogP contribution is -2.28. The quantitative estimate of drug-likeness (QED) is 0.552. The van der Waals surface area contributed by atoms with E-state index >= 15 is 0 Å². The van der Waals surface area contributed by atoms with E-state index in [1.165, 1.54) is 11.8 Å². The standard InChI is InChI=1S/C10H14N2O2S2/c1-3-11-5-6-14-9(11)7-8(13)12(4-2)10(15)16-7/h3-6H2,1-2H3/b9-7-. The van der Waals surface area contributed by atoms with Crippen molar-refractivity contribution in [3.05, 3.63) is 10.8 Å². The number of thiocarbonyl (C=S) groups is 1. The highest BCUT2D eigenvalue weighted by Gasteiger charge is 2.37. The fourth-order valence-electron chi connectivity index (χ4n) is 1.76. The first-order valence-corrected chi connectivity index (χ1v) is 6.57. The number of rotatable bonds is 2. The first kappa shape index (κ1) is 11.7. The zero-order chi connectivity index (χ0) is 11.7. The molecule has 0 aromatic carbocycles. The van der Waals surface area contributed by atoms with E-state index in [1.807, 2.05) is 6.92 Å². The van der Waals surface area contributed by atoms with Crippen molar-refractivity contribution in [2.45, 2.75) is 13.8 Å². The molecule has 4 nitrogen and oxygen atoms in total. The molecular weight excluding hydrogens is 244 g/mol. The first-order valence-electron chi connectivity index (χ1n) is 5.34.